The molecule has 144 valence electrons. The fourth-order valence-electron chi connectivity index (χ4n) is 4.22. The molecule has 0 spiro atoms. The normalized spacial score (nSPS) is 21.3. The van der Waals surface area contributed by atoms with Crippen molar-refractivity contribution in [3.8, 4) is 11.3 Å². The first-order chi connectivity index (χ1) is 13.6. The Kier molecular flexibility index (Phi) is 4.01. The highest BCUT2D eigenvalue weighted by atomic mass is 16.2. The number of H-pyrrole nitrogens is 1. The van der Waals surface area contributed by atoms with Gasteiger partial charge in [-0.15, -0.1) is 0 Å². The van der Waals surface area contributed by atoms with Gasteiger partial charge in [0.15, 0.2) is 5.65 Å². The van der Waals surface area contributed by atoms with Crippen LogP contribution in [0.2, 0.25) is 0 Å². The van der Waals surface area contributed by atoms with Crippen molar-refractivity contribution in [1.29, 1.82) is 0 Å². The molecule has 2 unspecified atom stereocenters. The zero-order valence-corrected chi connectivity index (χ0v) is 16.0. The number of fused-ring (bicyclic) bond motifs is 2. The molecule has 0 bridgehead atoms. The predicted octanol–water partition coefficient (Wildman–Crippen LogP) is 1.66. The summed E-state index contributed by atoms with van der Waals surface area (Å²) in [6.07, 6.45) is 1.66. The lowest BCUT2D eigenvalue weighted by molar-refractivity contribution is -0.116. The molecule has 1 aromatic carbocycles. The Bertz CT molecular complexity index is 1020. The lowest BCUT2D eigenvalue weighted by atomic mass is 10.0. The number of carbonyl (C=O) groups excluding carboxylic acids is 1. The van der Waals surface area contributed by atoms with Crippen molar-refractivity contribution in [1.82, 2.24) is 25.3 Å². The van der Waals surface area contributed by atoms with Crippen LogP contribution in [0.1, 0.15) is 6.92 Å². The molecule has 28 heavy (non-hydrogen) atoms. The summed E-state index contributed by atoms with van der Waals surface area (Å²) in [5.74, 6) is 2.09. The molecule has 2 atom stereocenters. The fourth-order valence-corrected chi connectivity index (χ4v) is 4.22. The van der Waals surface area contributed by atoms with Gasteiger partial charge in [0, 0.05) is 51.4 Å². The molecule has 5 rings (SSSR count). The van der Waals surface area contributed by atoms with E-state index in [4.69, 9.17) is 9.97 Å². The van der Waals surface area contributed by atoms with E-state index in [9.17, 15) is 4.79 Å². The highest BCUT2D eigenvalue weighted by Gasteiger charge is 2.37. The molecule has 2 aliphatic rings. The highest BCUT2D eigenvalue weighted by Crippen LogP contribution is 2.32. The van der Waals surface area contributed by atoms with Gasteiger partial charge in [0.05, 0.1) is 6.33 Å². The molecule has 2 saturated heterocycles. The summed E-state index contributed by atoms with van der Waals surface area (Å²) in [6, 6.07) is 7.85. The molecule has 0 aliphatic carbocycles. The topological polar surface area (TPSA) is 90.0 Å². The summed E-state index contributed by atoms with van der Waals surface area (Å²) in [7, 11) is 1.77. The number of benzene rings is 1. The predicted molar refractivity (Wildman–Crippen MR) is 108 cm³/mol. The number of anilines is 2. The quantitative estimate of drug-likeness (QED) is 0.722. The van der Waals surface area contributed by atoms with Gasteiger partial charge in [-0.3, -0.25) is 4.79 Å². The van der Waals surface area contributed by atoms with Gasteiger partial charge in [-0.05, 0) is 24.0 Å². The third-order valence-electron chi connectivity index (χ3n) is 5.95. The number of nitrogens with one attached hydrogen (secondary N) is 2. The molecular weight excluding hydrogens is 354 g/mol. The Morgan fingerprint density at radius 2 is 1.86 bits per heavy atom. The third kappa shape index (κ3) is 2.80. The highest BCUT2D eigenvalue weighted by molar-refractivity contribution is 5.92. The number of amides is 1. The molecule has 0 saturated carbocycles. The van der Waals surface area contributed by atoms with Crippen LogP contribution in [0.3, 0.4) is 0 Å². The van der Waals surface area contributed by atoms with E-state index in [-0.39, 0.29) is 5.91 Å². The van der Waals surface area contributed by atoms with Crippen molar-refractivity contribution in [3.05, 3.63) is 30.6 Å². The second-order valence-corrected chi connectivity index (χ2v) is 7.68. The molecule has 2 aromatic heterocycles. The van der Waals surface area contributed by atoms with Crippen molar-refractivity contribution in [2.45, 2.75) is 6.92 Å². The molecule has 2 aliphatic heterocycles. The van der Waals surface area contributed by atoms with E-state index < -0.39 is 0 Å². The van der Waals surface area contributed by atoms with Crippen molar-refractivity contribution in [2.75, 3.05) is 43.0 Å². The lowest BCUT2D eigenvalue weighted by Crippen LogP contribution is -2.27. The summed E-state index contributed by atoms with van der Waals surface area (Å²) in [5.41, 5.74) is 4.17. The molecule has 1 amide bonds. The Morgan fingerprint density at radius 1 is 1.14 bits per heavy atom. The first-order valence-corrected chi connectivity index (χ1v) is 9.61. The van der Waals surface area contributed by atoms with Crippen molar-refractivity contribution in [3.63, 3.8) is 0 Å². The molecule has 2 N–H and O–H groups in total. The van der Waals surface area contributed by atoms with Gasteiger partial charge in [0.1, 0.15) is 11.2 Å². The van der Waals surface area contributed by atoms with Crippen molar-refractivity contribution < 1.29 is 4.79 Å². The average Bonchev–Trinajstić information content (AvgIpc) is 3.42. The molecule has 3 aromatic rings. The first-order valence-electron chi connectivity index (χ1n) is 9.61. The number of imidazole rings is 1. The van der Waals surface area contributed by atoms with Crippen LogP contribution in [0.25, 0.3) is 22.4 Å². The Morgan fingerprint density at radius 3 is 2.54 bits per heavy atom. The maximum absolute atomic E-state index is 11.6. The first kappa shape index (κ1) is 17.1. The summed E-state index contributed by atoms with van der Waals surface area (Å²) in [6.45, 7) is 5.66. The zero-order valence-electron chi connectivity index (χ0n) is 16.0. The van der Waals surface area contributed by atoms with Crippen LogP contribution in [-0.4, -0.2) is 59.1 Å². The number of aromatic nitrogens is 4. The maximum Gasteiger partial charge on any atom is 0.228 e. The van der Waals surface area contributed by atoms with E-state index in [1.54, 1.807) is 25.2 Å². The number of rotatable bonds is 3. The zero-order chi connectivity index (χ0) is 19.3. The van der Waals surface area contributed by atoms with Gasteiger partial charge in [-0.2, -0.15) is 4.98 Å². The SMILES string of the molecule is CC(=O)N(C)c1ccc(-c2nc(N3CC4CNCC4C3)nc3nc[nH]c23)cc1. The smallest absolute Gasteiger partial charge is 0.228 e. The van der Waals surface area contributed by atoms with Crippen LogP contribution in [0.15, 0.2) is 30.6 Å². The van der Waals surface area contributed by atoms with E-state index in [1.807, 2.05) is 24.3 Å². The summed E-state index contributed by atoms with van der Waals surface area (Å²) < 4.78 is 0. The summed E-state index contributed by atoms with van der Waals surface area (Å²) in [4.78, 5) is 32.7. The minimum atomic E-state index is 0.00195. The summed E-state index contributed by atoms with van der Waals surface area (Å²) in [5, 5.41) is 3.47. The minimum Gasteiger partial charge on any atom is -0.341 e. The van der Waals surface area contributed by atoms with Gasteiger partial charge in [-0.1, -0.05) is 12.1 Å². The fraction of sp³-hybridized carbons (Fsp3) is 0.400. The molecular formula is C20H23N7O. The number of hydrogen-bond acceptors (Lipinski definition) is 6. The summed E-state index contributed by atoms with van der Waals surface area (Å²) >= 11 is 0. The lowest BCUT2D eigenvalue weighted by Gasteiger charge is -2.18. The van der Waals surface area contributed by atoms with Gasteiger partial charge in [0.25, 0.3) is 0 Å². The number of hydrogen-bond donors (Lipinski definition) is 2. The van der Waals surface area contributed by atoms with Crippen LogP contribution >= 0.6 is 0 Å². The van der Waals surface area contributed by atoms with E-state index in [1.165, 1.54) is 0 Å². The maximum atomic E-state index is 11.6. The third-order valence-corrected chi connectivity index (χ3v) is 5.95. The van der Waals surface area contributed by atoms with Crippen LogP contribution in [0.5, 0.6) is 0 Å². The molecule has 2 fully saturated rings. The second kappa shape index (κ2) is 6.56. The van der Waals surface area contributed by atoms with E-state index >= 15 is 0 Å². The number of nitrogens with zero attached hydrogens (tertiary/aromatic N) is 5. The van der Waals surface area contributed by atoms with E-state index in [0.717, 1.165) is 54.6 Å². The van der Waals surface area contributed by atoms with E-state index in [0.29, 0.717) is 17.5 Å². The van der Waals surface area contributed by atoms with Gasteiger partial charge < -0.3 is 20.1 Å². The Balaban J connectivity index is 1.52. The molecule has 0 radical (unpaired) electrons. The number of aromatic amines is 1. The molecule has 4 heterocycles. The minimum absolute atomic E-state index is 0.00195. The number of carbonyl (C=O) groups is 1. The van der Waals surface area contributed by atoms with Crippen LogP contribution in [0.4, 0.5) is 11.6 Å². The van der Waals surface area contributed by atoms with Gasteiger partial charge in [0.2, 0.25) is 11.9 Å². The van der Waals surface area contributed by atoms with Crippen molar-refractivity contribution in [2.24, 2.45) is 11.8 Å². The van der Waals surface area contributed by atoms with Gasteiger partial charge in [-0.25, -0.2) is 9.97 Å². The Hall–Kier alpha value is -3.00. The van der Waals surface area contributed by atoms with Crippen LogP contribution < -0.4 is 15.1 Å². The van der Waals surface area contributed by atoms with Crippen molar-refractivity contribution >= 4 is 28.7 Å². The standard InChI is InChI=1S/C20H23N7O/c1-12(28)26(2)16-5-3-13(4-6-16)17-18-19(23-11-22-18)25-20(24-17)27-9-14-7-21-8-15(14)10-27/h3-6,11,14-15,21H,7-10H2,1-2H3,(H,22,23,24,25). The second-order valence-electron chi connectivity index (χ2n) is 7.68. The van der Waals surface area contributed by atoms with Crippen LogP contribution in [0, 0.1) is 11.8 Å². The largest absolute Gasteiger partial charge is 0.341 e. The monoisotopic (exact) mass is 377 g/mol. The van der Waals surface area contributed by atoms with E-state index in [2.05, 4.69) is 20.2 Å². The van der Waals surface area contributed by atoms with Gasteiger partial charge >= 0.3 is 0 Å². The Labute approximate surface area is 163 Å². The van der Waals surface area contributed by atoms with Crippen LogP contribution in [-0.2, 0) is 4.79 Å². The molecule has 8 heteroatoms. The average molecular weight is 377 g/mol. The molecule has 8 nitrogen and oxygen atoms in total.